The first-order valence-corrected chi connectivity index (χ1v) is 24.0. The van der Waals surface area contributed by atoms with Crippen molar-refractivity contribution in [3.8, 4) is 5.75 Å². The molecule has 4 fully saturated rings. The van der Waals surface area contributed by atoms with E-state index < -0.39 is 97.2 Å². The fraction of sp³-hybridized carbons (Fsp3) is 0.490. The molecule has 18 heteroatoms. The number of hydrogen-bond donors (Lipinski definition) is 4. The number of imide groups is 1. The standard InChI is InChI=1S/C49H55N2O15P/c1-27(18-34(53)24-51-42(57)14-15-43(51)58)45(59)50-28(2)38(54)20-30-6-5-7-35(19-30)63-25-29-8-10-31(11-9-29)46-65-41-22-37-36-13-12-32-21-33(52)16-17-47(32,3)44(36)39(55)23-48(37,4)49(41,66-46)40(56)26-64-67(60,61)62/h5-11,14-17,19,21,27-28,36-37,39,41,44,46,55H,12-13,18,20,22-26H2,1-4H3,(H,50,59)(H2,60,61,62)/t27-,28+,36+,37+,39+,41-,44-,46-,47+,48+,49-/m1/s1. The summed E-state index contributed by atoms with van der Waals surface area (Å²) in [6.07, 6.45) is 6.19. The Morgan fingerprint density at radius 1 is 0.985 bits per heavy atom. The Hall–Kier alpha value is -5.26. The van der Waals surface area contributed by atoms with Crippen LogP contribution < -0.4 is 10.1 Å². The van der Waals surface area contributed by atoms with E-state index in [0.717, 1.165) is 28.2 Å². The van der Waals surface area contributed by atoms with E-state index in [4.69, 9.17) is 18.7 Å². The number of rotatable bonds is 17. The Balaban J connectivity index is 0.888. The molecule has 4 N–H and O–H groups in total. The molecule has 6 aliphatic rings. The molecule has 2 heterocycles. The number of ketones is 4. The third-order valence-corrected chi connectivity index (χ3v) is 15.5. The third kappa shape index (κ3) is 9.22. The maximum absolute atomic E-state index is 14.4. The molecular weight excluding hydrogens is 888 g/mol. The lowest BCUT2D eigenvalue weighted by Crippen LogP contribution is -2.63. The second-order valence-corrected chi connectivity index (χ2v) is 20.5. The van der Waals surface area contributed by atoms with Gasteiger partial charge in [-0.1, -0.05) is 68.8 Å². The Labute approximate surface area is 387 Å². The Kier molecular flexibility index (Phi) is 13.2. The number of aliphatic hydroxyl groups is 1. The minimum atomic E-state index is -5.04. The lowest BCUT2D eigenvalue weighted by molar-refractivity contribution is -0.200. The van der Waals surface area contributed by atoms with Crippen molar-refractivity contribution in [1.29, 1.82) is 0 Å². The Morgan fingerprint density at radius 2 is 1.70 bits per heavy atom. The number of amides is 3. The smallest absolute Gasteiger partial charge is 0.470 e. The molecule has 1 saturated heterocycles. The number of phosphoric ester groups is 1. The van der Waals surface area contributed by atoms with E-state index in [0.29, 0.717) is 36.1 Å². The highest BCUT2D eigenvalue weighted by Gasteiger charge is 2.76. The number of benzene rings is 2. The van der Waals surface area contributed by atoms with Gasteiger partial charge < -0.3 is 34.4 Å². The molecule has 2 aromatic carbocycles. The van der Waals surface area contributed by atoms with Gasteiger partial charge >= 0.3 is 7.82 Å². The van der Waals surface area contributed by atoms with Crippen LogP contribution in [0.2, 0.25) is 0 Å². The van der Waals surface area contributed by atoms with Gasteiger partial charge in [0.1, 0.15) is 19.0 Å². The van der Waals surface area contributed by atoms with Gasteiger partial charge in [-0.05, 0) is 79.9 Å². The second-order valence-electron chi connectivity index (χ2n) is 19.2. The van der Waals surface area contributed by atoms with Gasteiger partial charge in [0.2, 0.25) is 5.91 Å². The quantitative estimate of drug-likeness (QED) is 0.129. The van der Waals surface area contributed by atoms with Crippen LogP contribution in [0, 0.1) is 34.5 Å². The summed E-state index contributed by atoms with van der Waals surface area (Å²) in [5.41, 5.74) is -0.280. The van der Waals surface area contributed by atoms with Crippen molar-refractivity contribution in [3.63, 3.8) is 0 Å². The summed E-state index contributed by atoms with van der Waals surface area (Å²) in [7, 11) is -5.04. The first-order chi connectivity index (χ1) is 31.6. The zero-order valence-electron chi connectivity index (χ0n) is 37.6. The maximum atomic E-state index is 14.4. The molecule has 0 radical (unpaired) electrons. The highest BCUT2D eigenvalue weighted by molar-refractivity contribution is 7.46. The van der Waals surface area contributed by atoms with Crippen molar-refractivity contribution in [3.05, 3.63) is 101 Å². The van der Waals surface area contributed by atoms with Crippen LogP contribution in [0.25, 0.3) is 0 Å². The summed E-state index contributed by atoms with van der Waals surface area (Å²) >= 11 is 0. The fourth-order valence-electron chi connectivity index (χ4n) is 11.7. The van der Waals surface area contributed by atoms with Crippen molar-refractivity contribution < 1.29 is 71.8 Å². The molecule has 67 heavy (non-hydrogen) atoms. The summed E-state index contributed by atoms with van der Waals surface area (Å²) in [6.45, 7) is 5.81. The average molecular weight is 943 g/mol. The largest absolute Gasteiger partial charge is 0.489 e. The van der Waals surface area contributed by atoms with Crippen LogP contribution >= 0.6 is 7.82 Å². The van der Waals surface area contributed by atoms with Crippen LogP contribution in [0.1, 0.15) is 82.8 Å². The zero-order valence-corrected chi connectivity index (χ0v) is 38.5. The number of nitrogens with zero attached hydrogens (tertiary/aromatic N) is 1. The van der Waals surface area contributed by atoms with Crippen molar-refractivity contribution in [2.24, 2.45) is 34.5 Å². The molecule has 0 aromatic heterocycles. The van der Waals surface area contributed by atoms with Gasteiger partial charge in [-0.3, -0.25) is 43.0 Å². The summed E-state index contributed by atoms with van der Waals surface area (Å²) in [5, 5.41) is 14.7. The minimum Gasteiger partial charge on any atom is -0.489 e. The number of nitrogens with one attached hydrogen (secondary N) is 1. The fourth-order valence-corrected chi connectivity index (χ4v) is 12.0. The summed E-state index contributed by atoms with van der Waals surface area (Å²) in [5.74, 6) is -3.97. The van der Waals surface area contributed by atoms with E-state index >= 15 is 0 Å². The van der Waals surface area contributed by atoms with E-state index in [1.807, 2.05) is 32.1 Å². The number of phosphoric acid groups is 1. The highest BCUT2D eigenvalue weighted by Crippen LogP contribution is 2.70. The molecule has 11 atom stereocenters. The van der Waals surface area contributed by atoms with E-state index in [1.165, 1.54) is 6.92 Å². The molecule has 356 valence electrons. The number of allylic oxidation sites excluding steroid dienone is 4. The van der Waals surface area contributed by atoms with E-state index in [-0.39, 0.29) is 55.2 Å². The van der Waals surface area contributed by atoms with Gasteiger partial charge in [-0.2, -0.15) is 0 Å². The molecule has 0 spiro atoms. The molecule has 3 amide bonds. The van der Waals surface area contributed by atoms with Crippen LogP contribution in [-0.4, -0.2) is 97.7 Å². The molecule has 2 aromatic rings. The molecule has 0 unspecified atom stereocenters. The van der Waals surface area contributed by atoms with Crippen molar-refractivity contribution in [2.75, 3.05) is 13.2 Å². The number of carbonyl (C=O) groups excluding carboxylic acids is 7. The van der Waals surface area contributed by atoms with Crippen molar-refractivity contribution >= 4 is 48.7 Å². The van der Waals surface area contributed by atoms with Gasteiger partial charge in [-0.25, -0.2) is 4.57 Å². The molecule has 3 saturated carbocycles. The van der Waals surface area contributed by atoms with Gasteiger partial charge in [0.15, 0.2) is 35.0 Å². The van der Waals surface area contributed by atoms with Crippen LogP contribution in [0.4, 0.5) is 0 Å². The highest BCUT2D eigenvalue weighted by atomic mass is 31.2. The van der Waals surface area contributed by atoms with Gasteiger partial charge in [0.25, 0.3) is 11.8 Å². The molecule has 0 bridgehead atoms. The normalized spacial score (nSPS) is 31.6. The lowest BCUT2D eigenvalue weighted by Gasteiger charge is -2.59. The SMILES string of the molecule is C[C@H](CC(=O)CN1C(=O)C=CC1=O)C(=O)N[C@@H](C)C(=O)Cc1cccc(OCc2ccc([C@@H]3O[C@@H]4C[C@H]5[C@@H]6CCC7=CC(=O)C=C[C@]7(C)[C@H]6[C@@H](O)C[C@]5(C)[C@]4(C(=O)COP(=O)(O)O)O3)cc2)c1. The third-order valence-electron chi connectivity index (χ3n) is 15.0. The van der Waals surface area contributed by atoms with Gasteiger partial charge in [0, 0.05) is 53.2 Å². The Morgan fingerprint density at radius 3 is 2.40 bits per heavy atom. The molecule has 4 aliphatic carbocycles. The zero-order chi connectivity index (χ0) is 48.2. The van der Waals surface area contributed by atoms with Gasteiger partial charge in [0.05, 0.1) is 24.8 Å². The average Bonchev–Trinajstić information content (AvgIpc) is 3.90. The molecule has 8 rings (SSSR count). The molecule has 17 nitrogen and oxygen atoms in total. The number of hydrogen-bond acceptors (Lipinski definition) is 13. The van der Waals surface area contributed by atoms with Crippen LogP contribution in [0.3, 0.4) is 0 Å². The number of fused-ring (bicyclic) bond motifs is 7. The number of carbonyl (C=O) groups is 7. The summed E-state index contributed by atoms with van der Waals surface area (Å²) in [4.78, 5) is 109. The van der Waals surface area contributed by atoms with Crippen molar-refractivity contribution in [2.45, 2.75) is 103 Å². The summed E-state index contributed by atoms with van der Waals surface area (Å²) < 4.78 is 36.0. The molecular formula is C49H55N2O15P. The van der Waals surface area contributed by atoms with Crippen LogP contribution in [0.15, 0.2) is 84.5 Å². The van der Waals surface area contributed by atoms with E-state index in [9.17, 15) is 53.0 Å². The second kappa shape index (κ2) is 18.3. The first kappa shape index (κ1) is 48.2. The van der Waals surface area contributed by atoms with E-state index in [1.54, 1.807) is 55.5 Å². The summed E-state index contributed by atoms with van der Waals surface area (Å²) in [6, 6.07) is 13.3. The minimum absolute atomic E-state index is 0.0121. The predicted molar refractivity (Wildman–Crippen MR) is 236 cm³/mol. The monoisotopic (exact) mass is 942 g/mol. The number of aliphatic hydroxyl groups excluding tert-OH is 1. The number of Topliss-reactive ketones (excluding diaryl/α,β-unsaturated/α-hetero) is 3. The van der Waals surface area contributed by atoms with Crippen molar-refractivity contribution in [1.82, 2.24) is 10.2 Å². The number of ether oxygens (including phenoxy) is 3. The van der Waals surface area contributed by atoms with Crippen LogP contribution in [0.5, 0.6) is 5.75 Å². The van der Waals surface area contributed by atoms with Gasteiger partial charge in [-0.15, -0.1) is 0 Å². The molecule has 2 aliphatic heterocycles. The first-order valence-electron chi connectivity index (χ1n) is 22.5. The van der Waals surface area contributed by atoms with Crippen LogP contribution in [-0.2, 0) is 65.2 Å². The lowest BCUT2D eigenvalue weighted by atomic mass is 9.46. The predicted octanol–water partition coefficient (Wildman–Crippen LogP) is 4.12. The van der Waals surface area contributed by atoms with E-state index in [2.05, 4.69) is 5.32 Å². The maximum Gasteiger partial charge on any atom is 0.470 e. The topological polar surface area (TPSA) is 249 Å². The Bertz CT molecular complexity index is 2510.